The van der Waals surface area contributed by atoms with Gasteiger partial charge >= 0.3 is 0 Å². The van der Waals surface area contributed by atoms with Crippen LogP contribution < -0.4 is 4.90 Å². The van der Waals surface area contributed by atoms with Gasteiger partial charge in [-0.2, -0.15) is 0 Å². The van der Waals surface area contributed by atoms with Gasteiger partial charge < -0.3 is 9.47 Å². The van der Waals surface area contributed by atoms with Crippen molar-refractivity contribution in [2.45, 2.75) is 0 Å². The fourth-order valence-electron chi connectivity index (χ4n) is 9.60. The van der Waals surface area contributed by atoms with Crippen molar-refractivity contribution in [1.29, 1.82) is 0 Å². The molecule has 2 heterocycles. The molecule has 0 aliphatic carbocycles. The summed E-state index contributed by atoms with van der Waals surface area (Å²) in [5.41, 5.74) is 16.3. The first-order valence-electron chi connectivity index (χ1n) is 21.5. The molecule has 0 spiro atoms. The Kier molecular flexibility index (Phi) is 9.06. The van der Waals surface area contributed by atoms with Crippen LogP contribution in [0.15, 0.2) is 243 Å². The van der Waals surface area contributed by atoms with E-state index in [0.717, 1.165) is 28.3 Å². The maximum Gasteiger partial charge on any atom is 0.0546 e. The smallest absolute Gasteiger partial charge is 0.0546 e. The zero-order valence-corrected chi connectivity index (χ0v) is 35.2. The highest BCUT2D eigenvalue weighted by molar-refractivity contribution is 7.25. The minimum atomic E-state index is 1.08. The molecule has 3 heteroatoms. The summed E-state index contributed by atoms with van der Waals surface area (Å²) in [6.07, 6.45) is 0. The molecule has 0 saturated carbocycles. The van der Waals surface area contributed by atoms with E-state index in [9.17, 15) is 0 Å². The molecule has 63 heavy (non-hydrogen) atoms. The van der Waals surface area contributed by atoms with Gasteiger partial charge in [0.1, 0.15) is 0 Å². The molecule has 0 bridgehead atoms. The van der Waals surface area contributed by atoms with Crippen LogP contribution in [0.2, 0.25) is 0 Å². The second kappa shape index (κ2) is 15.5. The number of aromatic nitrogens is 1. The van der Waals surface area contributed by atoms with E-state index in [1.54, 1.807) is 0 Å². The third kappa shape index (κ3) is 6.33. The Balaban J connectivity index is 1.09. The highest BCUT2D eigenvalue weighted by Crippen LogP contribution is 2.49. The Labute approximate surface area is 370 Å². The standard InChI is InChI=1S/C60H40N2S/c1-3-18-41(19-4-1)46-22-7-8-27-52(46)60-48(42-20-5-2-6-21-42)28-17-32-57(60)61(45-38-39-59-53(40-45)51-26-12-16-33-58(51)63-59)44-36-34-43(35-37-44)47-23-9-13-29-54(47)62-55-30-14-10-24-49(55)50-25-11-15-31-56(50)62/h1-40H. The van der Waals surface area contributed by atoms with Gasteiger partial charge in [0.2, 0.25) is 0 Å². The molecule has 10 aromatic carbocycles. The molecule has 0 unspecified atom stereocenters. The topological polar surface area (TPSA) is 8.17 Å². The number of anilines is 3. The van der Waals surface area contributed by atoms with E-state index in [4.69, 9.17) is 0 Å². The first-order valence-corrected chi connectivity index (χ1v) is 22.3. The van der Waals surface area contributed by atoms with E-state index < -0.39 is 0 Å². The zero-order valence-electron chi connectivity index (χ0n) is 34.4. The van der Waals surface area contributed by atoms with Crippen LogP contribution in [-0.2, 0) is 0 Å². The van der Waals surface area contributed by atoms with Gasteiger partial charge in [-0.3, -0.25) is 0 Å². The van der Waals surface area contributed by atoms with Gasteiger partial charge in [0, 0.05) is 53.4 Å². The largest absolute Gasteiger partial charge is 0.310 e. The first-order chi connectivity index (χ1) is 31.3. The van der Waals surface area contributed by atoms with Gasteiger partial charge in [0.25, 0.3) is 0 Å². The Morgan fingerprint density at radius 2 is 0.825 bits per heavy atom. The summed E-state index contributed by atoms with van der Waals surface area (Å²) in [6, 6.07) is 88.5. The van der Waals surface area contributed by atoms with Crippen molar-refractivity contribution in [2.24, 2.45) is 0 Å². The van der Waals surface area contributed by atoms with Crippen molar-refractivity contribution in [3.8, 4) is 50.2 Å². The SMILES string of the molecule is c1ccc(-c2ccccc2-c2c(-c3ccccc3)cccc2N(c2ccc(-c3ccccc3-n3c4ccccc4c4ccccc43)cc2)c2ccc3sc4ccccc4c3c2)cc1. The molecular weight excluding hydrogens is 781 g/mol. The Hall–Kier alpha value is -7.98. The predicted octanol–water partition coefficient (Wildman–Crippen LogP) is 17.3. The number of thiophene rings is 1. The third-order valence-corrected chi connectivity index (χ3v) is 13.6. The lowest BCUT2D eigenvalue weighted by atomic mass is 9.87. The molecule has 0 saturated heterocycles. The first kappa shape index (κ1) is 36.8. The van der Waals surface area contributed by atoms with Crippen LogP contribution in [0.5, 0.6) is 0 Å². The van der Waals surface area contributed by atoms with Crippen LogP contribution in [-0.4, -0.2) is 4.57 Å². The summed E-state index contributed by atoms with van der Waals surface area (Å²) in [4.78, 5) is 2.47. The molecule has 2 nitrogen and oxygen atoms in total. The van der Waals surface area contributed by atoms with Crippen molar-refractivity contribution in [2.75, 3.05) is 4.90 Å². The molecule has 0 fully saturated rings. The second-order valence-electron chi connectivity index (χ2n) is 16.0. The van der Waals surface area contributed by atoms with Crippen molar-refractivity contribution in [3.63, 3.8) is 0 Å². The highest BCUT2D eigenvalue weighted by atomic mass is 32.1. The number of para-hydroxylation sites is 3. The van der Waals surface area contributed by atoms with Gasteiger partial charge in [-0.1, -0.05) is 182 Å². The number of benzene rings is 10. The van der Waals surface area contributed by atoms with Gasteiger partial charge in [0.05, 0.1) is 22.4 Å². The molecular formula is C60H40N2S. The van der Waals surface area contributed by atoms with Crippen molar-refractivity contribution in [1.82, 2.24) is 4.57 Å². The van der Waals surface area contributed by atoms with E-state index in [-0.39, 0.29) is 0 Å². The van der Waals surface area contributed by atoms with Crippen LogP contribution in [0.4, 0.5) is 17.1 Å². The highest BCUT2D eigenvalue weighted by Gasteiger charge is 2.24. The quantitative estimate of drug-likeness (QED) is 0.148. The molecule has 0 aliphatic heterocycles. The molecule has 12 rings (SSSR count). The molecule has 2 aromatic heterocycles. The number of hydrogen-bond donors (Lipinski definition) is 0. The van der Waals surface area contributed by atoms with E-state index in [1.807, 2.05) is 11.3 Å². The maximum atomic E-state index is 2.47. The van der Waals surface area contributed by atoms with Crippen LogP contribution in [0.1, 0.15) is 0 Å². The minimum Gasteiger partial charge on any atom is -0.310 e. The van der Waals surface area contributed by atoms with Crippen molar-refractivity contribution in [3.05, 3.63) is 243 Å². The van der Waals surface area contributed by atoms with Gasteiger partial charge in [-0.15, -0.1) is 11.3 Å². The Morgan fingerprint density at radius 3 is 1.54 bits per heavy atom. The van der Waals surface area contributed by atoms with Crippen LogP contribution in [0.25, 0.3) is 92.2 Å². The van der Waals surface area contributed by atoms with Gasteiger partial charge in [0.15, 0.2) is 0 Å². The number of hydrogen-bond acceptors (Lipinski definition) is 2. The average molecular weight is 821 g/mol. The van der Waals surface area contributed by atoms with E-state index in [1.165, 1.54) is 80.9 Å². The van der Waals surface area contributed by atoms with Crippen molar-refractivity contribution < 1.29 is 0 Å². The minimum absolute atomic E-state index is 1.08. The average Bonchev–Trinajstić information content (AvgIpc) is 3.90. The number of nitrogens with zero attached hydrogens (tertiary/aromatic N) is 2. The summed E-state index contributed by atoms with van der Waals surface area (Å²) in [5.74, 6) is 0. The lowest BCUT2D eigenvalue weighted by Crippen LogP contribution is -2.12. The summed E-state index contributed by atoms with van der Waals surface area (Å²) in [7, 11) is 0. The zero-order chi connectivity index (χ0) is 41.7. The van der Waals surface area contributed by atoms with Crippen LogP contribution in [0.3, 0.4) is 0 Å². The Bertz CT molecular complexity index is 3570. The number of rotatable bonds is 8. The van der Waals surface area contributed by atoms with E-state index in [2.05, 4.69) is 252 Å². The summed E-state index contributed by atoms with van der Waals surface area (Å²) in [6.45, 7) is 0. The number of fused-ring (bicyclic) bond motifs is 6. The van der Waals surface area contributed by atoms with Crippen LogP contribution >= 0.6 is 11.3 Å². The second-order valence-corrected chi connectivity index (χ2v) is 17.1. The maximum absolute atomic E-state index is 2.47. The molecule has 0 N–H and O–H groups in total. The molecule has 296 valence electrons. The Morgan fingerprint density at radius 1 is 0.317 bits per heavy atom. The molecule has 0 aliphatic rings. The van der Waals surface area contributed by atoms with Crippen molar-refractivity contribution >= 4 is 70.4 Å². The molecule has 0 atom stereocenters. The molecule has 12 aromatic rings. The van der Waals surface area contributed by atoms with Gasteiger partial charge in [-0.25, -0.2) is 0 Å². The molecule has 0 amide bonds. The monoisotopic (exact) mass is 820 g/mol. The van der Waals surface area contributed by atoms with Gasteiger partial charge in [-0.05, 0) is 94.0 Å². The van der Waals surface area contributed by atoms with E-state index >= 15 is 0 Å². The predicted molar refractivity (Wildman–Crippen MR) is 270 cm³/mol. The van der Waals surface area contributed by atoms with E-state index in [0.29, 0.717) is 0 Å². The summed E-state index contributed by atoms with van der Waals surface area (Å²) in [5, 5.41) is 5.06. The fourth-order valence-corrected chi connectivity index (χ4v) is 10.7. The summed E-state index contributed by atoms with van der Waals surface area (Å²) >= 11 is 1.85. The normalized spacial score (nSPS) is 11.5. The lowest BCUT2D eigenvalue weighted by Gasteiger charge is -2.30. The fraction of sp³-hybridized carbons (Fsp3) is 0. The lowest BCUT2D eigenvalue weighted by molar-refractivity contribution is 1.18. The van der Waals surface area contributed by atoms with Crippen LogP contribution in [0, 0.1) is 0 Å². The summed E-state index contributed by atoms with van der Waals surface area (Å²) < 4.78 is 5.00. The molecule has 0 radical (unpaired) electrons. The third-order valence-electron chi connectivity index (χ3n) is 12.4.